The molecule has 0 bridgehead atoms. The fraction of sp³-hybridized carbons (Fsp3) is 0.250. The van der Waals surface area contributed by atoms with Crippen LogP contribution < -0.4 is 10.2 Å². The van der Waals surface area contributed by atoms with Gasteiger partial charge in [-0.1, -0.05) is 24.3 Å². The Hall–Kier alpha value is -3.15. The molecule has 0 saturated carbocycles. The van der Waals surface area contributed by atoms with Crippen LogP contribution in [0.15, 0.2) is 60.0 Å². The maximum absolute atomic E-state index is 4.55. The van der Waals surface area contributed by atoms with Crippen molar-refractivity contribution in [1.29, 1.82) is 0 Å². The average molecular weight is 346 g/mol. The SMILES string of the molecule is CN=C(NCc1ccc(-n2ccnc2C)nc1)N1CCc2ccccc21. The number of aliphatic imine (C=N–C) groups is 1. The van der Waals surface area contributed by atoms with Crippen molar-refractivity contribution in [2.45, 2.75) is 19.9 Å². The number of pyridine rings is 1. The number of hydrogen-bond acceptors (Lipinski definition) is 3. The van der Waals surface area contributed by atoms with Crippen molar-refractivity contribution in [3.8, 4) is 5.82 Å². The molecule has 1 aliphatic rings. The molecule has 0 atom stereocenters. The Morgan fingerprint density at radius 2 is 2.08 bits per heavy atom. The molecule has 0 saturated heterocycles. The van der Waals surface area contributed by atoms with E-state index in [1.807, 2.05) is 37.0 Å². The molecule has 1 N–H and O–H groups in total. The average Bonchev–Trinajstić information content (AvgIpc) is 3.30. The number of guanidine groups is 1. The van der Waals surface area contributed by atoms with Gasteiger partial charge in [-0.2, -0.15) is 0 Å². The number of imidazole rings is 1. The fourth-order valence-corrected chi connectivity index (χ4v) is 3.32. The number of benzene rings is 1. The zero-order valence-corrected chi connectivity index (χ0v) is 15.1. The molecule has 1 aliphatic heterocycles. The van der Waals surface area contributed by atoms with Crippen LogP contribution in [0.4, 0.5) is 5.69 Å². The standard InChI is InChI=1S/C20H22N6/c1-15-22-10-12-25(15)19-8-7-16(13-23-19)14-24-20(21-2)26-11-9-17-5-3-4-6-18(17)26/h3-8,10,12-13H,9,11,14H2,1-2H3,(H,21,24). The van der Waals surface area contributed by atoms with E-state index in [1.165, 1.54) is 11.3 Å². The Morgan fingerprint density at radius 3 is 2.81 bits per heavy atom. The van der Waals surface area contributed by atoms with Crippen molar-refractivity contribution in [2.24, 2.45) is 4.99 Å². The number of aryl methyl sites for hydroxylation is 1. The highest BCUT2D eigenvalue weighted by atomic mass is 15.3. The van der Waals surface area contributed by atoms with Crippen LogP contribution in [0.5, 0.6) is 0 Å². The molecule has 0 spiro atoms. The third kappa shape index (κ3) is 3.06. The van der Waals surface area contributed by atoms with Crippen molar-refractivity contribution >= 4 is 11.6 Å². The van der Waals surface area contributed by atoms with Crippen LogP contribution in [0.1, 0.15) is 17.0 Å². The van der Waals surface area contributed by atoms with E-state index in [1.54, 1.807) is 6.20 Å². The highest BCUT2D eigenvalue weighted by Gasteiger charge is 2.22. The van der Waals surface area contributed by atoms with E-state index in [0.29, 0.717) is 6.54 Å². The summed E-state index contributed by atoms with van der Waals surface area (Å²) < 4.78 is 1.97. The summed E-state index contributed by atoms with van der Waals surface area (Å²) in [5, 5.41) is 3.45. The number of hydrogen-bond donors (Lipinski definition) is 1. The van der Waals surface area contributed by atoms with Crippen LogP contribution >= 0.6 is 0 Å². The molecule has 0 amide bonds. The molecule has 0 unspecified atom stereocenters. The maximum Gasteiger partial charge on any atom is 0.198 e. The fourth-order valence-electron chi connectivity index (χ4n) is 3.32. The molecular weight excluding hydrogens is 324 g/mol. The predicted octanol–water partition coefficient (Wildman–Crippen LogP) is 2.71. The van der Waals surface area contributed by atoms with E-state index in [2.05, 4.69) is 55.5 Å². The minimum Gasteiger partial charge on any atom is -0.352 e. The van der Waals surface area contributed by atoms with E-state index < -0.39 is 0 Å². The number of rotatable bonds is 3. The van der Waals surface area contributed by atoms with Gasteiger partial charge in [0.25, 0.3) is 0 Å². The van der Waals surface area contributed by atoms with Gasteiger partial charge in [0.05, 0.1) is 0 Å². The predicted molar refractivity (Wildman–Crippen MR) is 104 cm³/mol. The van der Waals surface area contributed by atoms with Gasteiger partial charge in [-0.3, -0.25) is 9.56 Å². The minimum atomic E-state index is 0.682. The van der Waals surface area contributed by atoms with E-state index >= 15 is 0 Å². The second-order valence-electron chi connectivity index (χ2n) is 6.30. The van der Waals surface area contributed by atoms with Gasteiger partial charge in [0.15, 0.2) is 5.96 Å². The summed E-state index contributed by atoms with van der Waals surface area (Å²) in [6.07, 6.45) is 6.65. The first-order valence-electron chi connectivity index (χ1n) is 8.77. The van der Waals surface area contributed by atoms with Gasteiger partial charge in [-0.25, -0.2) is 9.97 Å². The van der Waals surface area contributed by atoms with E-state index in [9.17, 15) is 0 Å². The number of aromatic nitrogens is 3. The molecule has 3 aromatic rings. The van der Waals surface area contributed by atoms with Gasteiger partial charge < -0.3 is 10.2 Å². The molecule has 132 valence electrons. The lowest BCUT2D eigenvalue weighted by atomic mass is 10.2. The van der Waals surface area contributed by atoms with Crippen LogP contribution in [0.2, 0.25) is 0 Å². The Bertz CT molecular complexity index is 925. The lowest BCUT2D eigenvalue weighted by molar-refractivity contribution is 0.855. The third-order valence-corrected chi connectivity index (χ3v) is 4.69. The maximum atomic E-state index is 4.55. The van der Waals surface area contributed by atoms with Crippen LogP contribution in [0.25, 0.3) is 5.82 Å². The quantitative estimate of drug-likeness (QED) is 0.585. The number of nitrogens with zero attached hydrogens (tertiary/aromatic N) is 5. The highest BCUT2D eigenvalue weighted by Crippen LogP contribution is 2.27. The second-order valence-corrected chi connectivity index (χ2v) is 6.30. The molecule has 0 radical (unpaired) electrons. The lowest BCUT2D eigenvalue weighted by Crippen LogP contribution is -2.40. The van der Waals surface area contributed by atoms with Gasteiger partial charge >= 0.3 is 0 Å². The summed E-state index contributed by atoms with van der Waals surface area (Å²) >= 11 is 0. The number of para-hydroxylation sites is 1. The van der Waals surface area contributed by atoms with E-state index in [4.69, 9.17) is 0 Å². The number of anilines is 1. The Morgan fingerprint density at radius 1 is 1.19 bits per heavy atom. The lowest BCUT2D eigenvalue weighted by Gasteiger charge is -2.22. The van der Waals surface area contributed by atoms with Crippen LogP contribution in [-0.2, 0) is 13.0 Å². The molecule has 6 heteroatoms. The summed E-state index contributed by atoms with van der Waals surface area (Å²) in [6, 6.07) is 12.6. The van der Waals surface area contributed by atoms with Gasteiger partial charge in [-0.05, 0) is 36.6 Å². The van der Waals surface area contributed by atoms with E-state index in [0.717, 1.165) is 36.1 Å². The van der Waals surface area contributed by atoms with Crippen LogP contribution in [0.3, 0.4) is 0 Å². The van der Waals surface area contributed by atoms with Crippen molar-refractivity contribution in [3.63, 3.8) is 0 Å². The van der Waals surface area contributed by atoms with Gasteiger partial charge in [0.1, 0.15) is 11.6 Å². The van der Waals surface area contributed by atoms with Crippen LogP contribution in [0, 0.1) is 6.92 Å². The molecule has 4 rings (SSSR count). The molecule has 0 aliphatic carbocycles. The topological polar surface area (TPSA) is 58.3 Å². The molecule has 3 heterocycles. The zero-order chi connectivity index (χ0) is 17.9. The molecule has 26 heavy (non-hydrogen) atoms. The largest absolute Gasteiger partial charge is 0.352 e. The Labute approximate surface area is 153 Å². The second kappa shape index (κ2) is 7.00. The monoisotopic (exact) mass is 346 g/mol. The smallest absolute Gasteiger partial charge is 0.198 e. The van der Waals surface area contributed by atoms with Crippen molar-refractivity contribution in [3.05, 3.63) is 71.9 Å². The normalized spacial score (nSPS) is 13.8. The molecule has 1 aromatic carbocycles. The molecule has 6 nitrogen and oxygen atoms in total. The first-order chi connectivity index (χ1) is 12.8. The molecule has 2 aromatic heterocycles. The Balaban J connectivity index is 1.44. The summed E-state index contributed by atoms with van der Waals surface area (Å²) in [7, 11) is 1.83. The molecular formula is C20H22N6. The van der Waals surface area contributed by atoms with Gasteiger partial charge in [0, 0.05) is 44.4 Å². The molecule has 0 fully saturated rings. The summed E-state index contributed by atoms with van der Waals surface area (Å²) in [6.45, 7) is 3.60. The van der Waals surface area contributed by atoms with Crippen molar-refractivity contribution in [1.82, 2.24) is 19.9 Å². The summed E-state index contributed by atoms with van der Waals surface area (Å²) in [5.74, 6) is 2.70. The minimum absolute atomic E-state index is 0.682. The van der Waals surface area contributed by atoms with Gasteiger partial charge in [0.2, 0.25) is 0 Å². The van der Waals surface area contributed by atoms with Crippen molar-refractivity contribution in [2.75, 3.05) is 18.5 Å². The summed E-state index contributed by atoms with van der Waals surface area (Å²) in [4.78, 5) is 15.5. The Kier molecular flexibility index (Phi) is 4.39. The van der Waals surface area contributed by atoms with E-state index in [-0.39, 0.29) is 0 Å². The number of fused-ring (bicyclic) bond motifs is 1. The van der Waals surface area contributed by atoms with Crippen molar-refractivity contribution < 1.29 is 0 Å². The number of nitrogens with one attached hydrogen (secondary N) is 1. The first-order valence-corrected chi connectivity index (χ1v) is 8.77. The van der Waals surface area contributed by atoms with Crippen LogP contribution in [-0.4, -0.2) is 34.1 Å². The third-order valence-electron chi connectivity index (χ3n) is 4.69. The van der Waals surface area contributed by atoms with Gasteiger partial charge in [-0.15, -0.1) is 0 Å². The highest BCUT2D eigenvalue weighted by molar-refractivity contribution is 5.97. The first kappa shape index (κ1) is 16.3. The summed E-state index contributed by atoms with van der Waals surface area (Å²) in [5.41, 5.74) is 3.72. The zero-order valence-electron chi connectivity index (χ0n) is 15.1.